The van der Waals surface area contributed by atoms with Crippen LogP contribution in [0.2, 0.25) is 0 Å². The summed E-state index contributed by atoms with van der Waals surface area (Å²) in [5.74, 6) is -0.932. The minimum absolute atomic E-state index is 0. The van der Waals surface area contributed by atoms with Gasteiger partial charge in [-0.3, -0.25) is 0 Å². The maximum Gasteiger partial charge on any atom is 2.00 e. The average Bonchev–Trinajstić information content (AvgIpc) is 2.39. The number of hydrogen-bond acceptors (Lipinski definition) is 2. The van der Waals surface area contributed by atoms with Crippen molar-refractivity contribution in [1.29, 1.82) is 0 Å². The number of benzene rings is 2. The Bertz CT molecular complexity index is 454. The van der Waals surface area contributed by atoms with Gasteiger partial charge in [0.05, 0.1) is 0 Å². The van der Waals surface area contributed by atoms with Crippen molar-refractivity contribution in [1.82, 2.24) is 0 Å². The minimum atomic E-state index is -0.466. The standard InChI is InChI=1S/C14H12O2.Mg.2H2/c15-13(11-7-3-1-4-8-11)14(16)12-9-5-2-6-10-12;;;/h1-10,15-16H;;2*1H/q;+2;;/p-2. The molecule has 0 aliphatic heterocycles. The Kier molecular flexibility index (Phi) is 5.06. The van der Waals surface area contributed by atoms with Crippen LogP contribution in [0.15, 0.2) is 60.7 Å². The van der Waals surface area contributed by atoms with Gasteiger partial charge >= 0.3 is 23.1 Å². The summed E-state index contributed by atoms with van der Waals surface area (Å²) < 4.78 is 0. The summed E-state index contributed by atoms with van der Waals surface area (Å²) in [5, 5.41) is 23.6. The van der Waals surface area contributed by atoms with Gasteiger partial charge in [-0.25, -0.2) is 0 Å². The quantitative estimate of drug-likeness (QED) is 0.450. The maximum absolute atomic E-state index is 11.8. The molecule has 0 saturated carbocycles. The van der Waals surface area contributed by atoms with E-state index in [1.54, 1.807) is 48.5 Å². The molecule has 2 aromatic carbocycles. The van der Waals surface area contributed by atoms with Gasteiger partial charge in [0.15, 0.2) is 0 Å². The fourth-order valence-corrected chi connectivity index (χ4v) is 1.44. The first-order valence-electron chi connectivity index (χ1n) is 4.98. The Morgan fingerprint density at radius 2 is 0.941 bits per heavy atom. The summed E-state index contributed by atoms with van der Waals surface area (Å²) in [6.45, 7) is 0. The predicted molar refractivity (Wildman–Crippen MR) is 69.7 cm³/mol. The molecule has 0 bridgehead atoms. The smallest absolute Gasteiger partial charge is 0.872 e. The summed E-state index contributed by atoms with van der Waals surface area (Å²) >= 11 is 0. The van der Waals surface area contributed by atoms with Crippen LogP contribution in [-0.4, -0.2) is 23.1 Å². The molecule has 0 aromatic heterocycles. The van der Waals surface area contributed by atoms with Gasteiger partial charge in [0, 0.05) is 2.85 Å². The molecule has 0 radical (unpaired) electrons. The van der Waals surface area contributed by atoms with E-state index in [1.807, 2.05) is 12.1 Å². The van der Waals surface area contributed by atoms with E-state index in [1.165, 1.54) is 0 Å². The third kappa shape index (κ3) is 3.25. The zero-order valence-corrected chi connectivity index (χ0v) is 10.7. The van der Waals surface area contributed by atoms with Crippen LogP contribution < -0.4 is 10.2 Å². The van der Waals surface area contributed by atoms with E-state index >= 15 is 0 Å². The Balaban J connectivity index is 0. The van der Waals surface area contributed by atoms with Gasteiger partial charge in [0.1, 0.15) is 0 Å². The molecule has 0 spiro atoms. The van der Waals surface area contributed by atoms with Gasteiger partial charge < -0.3 is 10.2 Å². The van der Waals surface area contributed by atoms with Crippen LogP contribution in [-0.2, 0) is 0 Å². The number of hydrogen-bond donors (Lipinski definition) is 0. The van der Waals surface area contributed by atoms with E-state index < -0.39 is 11.5 Å². The Morgan fingerprint density at radius 1 is 0.647 bits per heavy atom. The Hall–Kier alpha value is -1.45. The van der Waals surface area contributed by atoms with Crippen molar-refractivity contribution in [2.75, 3.05) is 0 Å². The SMILES string of the molecule is [HH].[HH].[Mg+2].[O-]C(=C([O-])c1ccccc1)c1ccccc1. The fourth-order valence-electron chi connectivity index (χ4n) is 1.44. The number of rotatable bonds is 2. The molecule has 0 heterocycles. The van der Waals surface area contributed by atoms with Crippen molar-refractivity contribution in [3.8, 4) is 0 Å². The molecule has 84 valence electrons. The fraction of sp³-hybridized carbons (Fsp3) is 0. The van der Waals surface area contributed by atoms with Gasteiger partial charge in [-0.2, -0.15) is 0 Å². The van der Waals surface area contributed by atoms with Crippen molar-refractivity contribution in [3.05, 3.63) is 71.8 Å². The predicted octanol–water partition coefficient (Wildman–Crippen LogP) is 1.34. The summed E-state index contributed by atoms with van der Waals surface area (Å²) in [7, 11) is 0. The van der Waals surface area contributed by atoms with E-state index in [0.29, 0.717) is 11.1 Å². The molecule has 2 aromatic rings. The van der Waals surface area contributed by atoms with Crippen molar-refractivity contribution in [3.63, 3.8) is 0 Å². The van der Waals surface area contributed by atoms with Gasteiger partial charge in [0.25, 0.3) is 0 Å². The maximum atomic E-state index is 11.8. The van der Waals surface area contributed by atoms with Gasteiger partial charge in [0.2, 0.25) is 0 Å². The van der Waals surface area contributed by atoms with Crippen LogP contribution >= 0.6 is 0 Å². The second kappa shape index (κ2) is 6.32. The monoisotopic (exact) mass is 238 g/mol. The van der Waals surface area contributed by atoms with E-state index in [4.69, 9.17) is 0 Å². The van der Waals surface area contributed by atoms with Crippen LogP contribution in [0.5, 0.6) is 0 Å². The molecule has 2 nitrogen and oxygen atoms in total. The molecule has 0 amide bonds. The zero-order chi connectivity index (χ0) is 11.4. The molecule has 0 aliphatic rings. The molecule has 17 heavy (non-hydrogen) atoms. The zero-order valence-electron chi connectivity index (χ0n) is 9.30. The molecule has 0 unspecified atom stereocenters. The van der Waals surface area contributed by atoms with E-state index in [9.17, 15) is 10.2 Å². The minimum Gasteiger partial charge on any atom is -0.872 e. The molecule has 0 aliphatic carbocycles. The van der Waals surface area contributed by atoms with Crippen molar-refractivity contribution < 1.29 is 13.1 Å². The third-order valence-corrected chi connectivity index (χ3v) is 2.28. The van der Waals surface area contributed by atoms with Gasteiger partial charge in [-0.15, -0.1) is 11.5 Å². The summed E-state index contributed by atoms with van der Waals surface area (Å²) in [6, 6.07) is 17.2. The van der Waals surface area contributed by atoms with Crippen molar-refractivity contribution in [2.24, 2.45) is 0 Å². The van der Waals surface area contributed by atoms with Crippen LogP contribution in [0.4, 0.5) is 0 Å². The van der Waals surface area contributed by atoms with Gasteiger partial charge in [-0.1, -0.05) is 60.7 Å². The molecule has 3 heteroatoms. The molecule has 0 fully saturated rings. The van der Waals surface area contributed by atoms with Crippen LogP contribution in [0.1, 0.15) is 14.0 Å². The summed E-state index contributed by atoms with van der Waals surface area (Å²) in [5.41, 5.74) is 0.854. The molecule has 0 saturated heterocycles. The molecule has 0 atom stereocenters. The molecular weight excluding hydrogens is 224 g/mol. The first-order valence-corrected chi connectivity index (χ1v) is 4.98. The average molecular weight is 239 g/mol. The van der Waals surface area contributed by atoms with Crippen LogP contribution in [0, 0.1) is 0 Å². The normalized spacial score (nSPS) is 11.3. The molecule has 0 N–H and O–H groups in total. The molecule has 2 rings (SSSR count). The summed E-state index contributed by atoms with van der Waals surface area (Å²) in [4.78, 5) is 0. The topological polar surface area (TPSA) is 46.1 Å². The summed E-state index contributed by atoms with van der Waals surface area (Å²) in [6.07, 6.45) is 0. The van der Waals surface area contributed by atoms with Crippen molar-refractivity contribution in [2.45, 2.75) is 0 Å². The first kappa shape index (κ1) is 13.6. The second-order valence-electron chi connectivity index (χ2n) is 3.39. The van der Waals surface area contributed by atoms with E-state index in [-0.39, 0.29) is 25.9 Å². The third-order valence-electron chi connectivity index (χ3n) is 2.28. The first-order chi connectivity index (χ1) is 7.79. The van der Waals surface area contributed by atoms with Crippen LogP contribution in [0.3, 0.4) is 0 Å². The van der Waals surface area contributed by atoms with E-state index in [0.717, 1.165) is 0 Å². The van der Waals surface area contributed by atoms with Crippen molar-refractivity contribution >= 4 is 34.6 Å². The van der Waals surface area contributed by atoms with Gasteiger partial charge in [-0.05, 0) is 11.1 Å². The van der Waals surface area contributed by atoms with Crippen LogP contribution in [0.25, 0.3) is 11.5 Å². The largest absolute Gasteiger partial charge is 2.00 e. The van der Waals surface area contributed by atoms with E-state index in [2.05, 4.69) is 0 Å². The second-order valence-corrected chi connectivity index (χ2v) is 3.39. The Labute approximate surface area is 119 Å². The molecular formula is C14H14MgO2. The Morgan fingerprint density at radius 3 is 1.24 bits per heavy atom.